The van der Waals surface area contributed by atoms with Crippen LogP contribution in [0.4, 0.5) is 5.69 Å². The molecule has 3 aromatic rings. The van der Waals surface area contributed by atoms with Crippen molar-refractivity contribution in [1.29, 1.82) is 0 Å². The number of nitrogens with zero attached hydrogens (tertiary/aromatic N) is 2. The van der Waals surface area contributed by atoms with E-state index >= 15 is 0 Å². The van der Waals surface area contributed by atoms with Crippen LogP contribution in [-0.2, 0) is 16.1 Å². The maximum atomic E-state index is 13.3. The molecule has 5 rings (SSSR count). The zero-order chi connectivity index (χ0) is 20.3. The summed E-state index contributed by atoms with van der Waals surface area (Å²) in [6.07, 6.45) is 2.21. The molecule has 0 saturated heterocycles. The largest absolute Gasteiger partial charge is 0.356 e. The summed E-state index contributed by atoms with van der Waals surface area (Å²) in [5.74, 6) is -0.0765. The zero-order valence-corrected chi connectivity index (χ0v) is 17.5. The van der Waals surface area contributed by atoms with E-state index in [1.807, 2.05) is 5.38 Å². The number of amides is 2. The third-order valence-corrected chi connectivity index (χ3v) is 6.46. The molecule has 0 bridgehead atoms. The summed E-state index contributed by atoms with van der Waals surface area (Å²) in [5.41, 5.74) is 5.94. The summed E-state index contributed by atoms with van der Waals surface area (Å²) in [5, 5.41) is 8.84. The van der Waals surface area contributed by atoms with Gasteiger partial charge in [0.2, 0.25) is 5.91 Å². The highest BCUT2D eigenvalue weighted by atomic mass is 32.1. The molecule has 29 heavy (non-hydrogen) atoms. The van der Waals surface area contributed by atoms with Crippen LogP contribution in [0, 0.1) is 5.92 Å². The van der Waals surface area contributed by atoms with Gasteiger partial charge in [-0.3, -0.25) is 14.5 Å². The number of nitrogens with one attached hydrogen (secondary N) is 1. The lowest BCUT2D eigenvalue weighted by molar-refractivity contribution is -0.139. The molecular formula is C23H23N3O2S. The first-order valence-electron chi connectivity index (χ1n) is 9.92. The highest BCUT2D eigenvalue weighted by molar-refractivity contribution is 7.08. The Labute approximate surface area is 173 Å². The average molecular weight is 406 g/mol. The van der Waals surface area contributed by atoms with Gasteiger partial charge in [-0.25, -0.2) is 0 Å². The maximum Gasteiger partial charge on any atom is 0.259 e. The number of hydrogen-bond donors (Lipinski definition) is 1. The molecule has 1 N–H and O–H groups in total. The molecule has 0 radical (unpaired) electrons. The fraction of sp³-hybridized carbons (Fsp3) is 0.304. The highest BCUT2D eigenvalue weighted by Gasteiger charge is 2.41. The number of carbonyl (C=O) groups is 2. The number of thiophene rings is 1. The summed E-state index contributed by atoms with van der Waals surface area (Å²) in [6.45, 7) is 7.09. The van der Waals surface area contributed by atoms with Crippen molar-refractivity contribution in [2.45, 2.75) is 33.2 Å². The van der Waals surface area contributed by atoms with Gasteiger partial charge < -0.3 is 9.88 Å². The molecule has 1 unspecified atom stereocenters. The predicted molar refractivity (Wildman–Crippen MR) is 116 cm³/mol. The molecule has 2 aliphatic rings. The number of hydrogen-bond acceptors (Lipinski definition) is 4. The lowest BCUT2D eigenvalue weighted by Crippen LogP contribution is -2.33. The molecule has 0 aliphatic carbocycles. The number of aromatic nitrogens is 1. The number of rotatable bonds is 3. The quantitative estimate of drug-likeness (QED) is 0.695. The van der Waals surface area contributed by atoms with Gasteiger partial charge in [-0.1, -0.05) is 19.9 Å². The SMILES string of the molecule is CC(=O)N1CC2=C(C1=O)C(c1ccsc1)c1cn(CC(C)C)c3cccc(c13)N2. The van der Waals surface area contributed by atoms with Gasteiger partial charge >= 0.3 is 0 Å². The van der Waals surface area contributed by atoms with E-state index in [9.17, 15) is 9.59 Å². The third-order valence-electron chi connectivity index (χ3n) is 5.76. The van der Waals surface area contributed by atoms with Gasteiger partial charge in [0.15, 0.2) is 0 Å². The number of anilines is 1. The Morgan fingerprint density at radius 1 is 1.31 bits per heavy atom. The second-order valence-electron chi connectivity index (χ2n) is 8.25. The van der Waals surface area contributed by atoms with E-state index in [1.165, 1.54) is 22.7 Å². The minimum atomic E-state index is -0.218. The van der Waals surface area contributed by atoms with Crippen LogP contribution in [0.2, 0.25) is 0 Å². The molecule has 2 amide bonds. The Morgan fingerprint density at radius 2 is 2.14 bits per heavy atom. The van der Waals surface area contributed by atoms with Gasteiger partial charge in [0.1, 0.15) is 0 Å². The summed E-state index contributed by atoms with van der Waals surface area (Å²) in [4.78, 5) is 26.7. The van der Waals surface area contributed by atoms with Crippen molar-refractivity contribution in [1.82, 2.24) is 9.47 Å². The molecule has 148 valence electrons. The number of benzene rings is 1. The summed E-state index contributed by atoms with van der Waals surface area (Å²) >= 11 is 1.63. The Bertz CT molecular complexity index is 1170. The van der Waals surface area contributed by atoms with Gasteiger partial charge in [0, 0.05) is 42.4 Å². The predicted octanol–water partition coefficient (Wildman–Crippen LogP) is 4.56. The van der Waals surface area contributed by atoms with Crippen molar-refractivity contribution in [3.8, 4) is 0 Å². The zero-order valence-electron chi connectivity index (χ0n) is 16.7. The van der Waals surface area contributed by atoms with Gasteiger partial charge in [-0.05, 0) is 46.0 Å². The molecular weight excluding hydrogens is 382 g/mol. The van der Waals surface area contributed by atoms with Crippen LogP contribution in [0.25, 0.3) is 10.9 Å². The summed E-state index contributed by atoms with van der Waals surface area (Å²) < 4.78 is 2.30. The molecule has 5 nitrogen and oxygen atoms in total. The molecule has 0 saturated carbocycles. The molecule has 1 aromatic carbocycles. The van der Waals surface area contributed by atoms with E-state index in [0.29, 0.717) is 18.0 Å². The molecule has 2 aliphatic heterocycles. The Balaban J connectivity index is 1.78. The van der Waals surface area contributed by atoms with Crippen LogP contribution in [0.5, 0.6) is 0 Å². The van der Waals surface area contributed by atoms with E-state index in [-0.39, 0.29) is 17.7 Å². The van der Waals surface area contributed by atoms with Crippen LogP contribution >= 0.6 is 11.3 Å². The van der Waals surface area contributed by atoms with E-state index in [0.717, 1.165) is 29.1 Å². The van der Waals surface area contributed by atoms with E-state index in [2.05, 4.69) is 59.6 Å². The maximum absolute atomic E-state index is 13.3. The first-order valence-corrected chi connectivity index (χ1v) is 10.9. The summed E-state index contributed by atoms with van der Waals surface area (Å²) in [7, 11) is 0. The highest BCUT2D eigenvalue weighted by Crippen LogP contribution is 2.46. The molecule has 2 aromatic heterocycles. The van der Waals surface area contributed by atoms with Gasteiger partial charge in [0.25, 0.3) is 5.91 Å². The van der Waals surface area contributed by atoms with Crippen molar-refractivity contribution in [2.24, 2.45) is 5.92 Å². The molecule has 1 atom stereocenters. The van der Waals surface area contributed by atoms with Crippen molar-refractivity contribution in [2.75, 3.05) is 11.9 Å². The van der Waals surface area contributed by atoms with Crippen molar-refractivity contribution in [3.63, 3.8) is 0 Å². The Kier molecular flexibility index (Phi) is 4.13. The second-order valence-corrected chi connectivity index (χ2v) is 9.03. The first-order chi connectivity index (χ1) is 14.0. The standard InChI is InChI=1S/C23H23N3O2S/c1-13(2)9-25-10-16-20(15-7-8-29-12-15)22-18(11-26(14(3)27)23(22)28)24-17-5-4-6-19(25)21(16)17/h4-8,10,12-13,20,24H,9,11H2,1-3H3. The number of imide groups is 1. The minimum Gasteiger partial charge on any atom is -0.356 e. The minimum absolute atomic E-state index is 0.180. The van der Waals surface area contributed by atoms with Gasteiger partial charge in [0.05, 0.1) is 17.6 Å². The van der Waals surface area contributed by atoms with Crippen molar-refractivity contribution in [3.05, 3.63) is 63.6 Å². The average Bonchev–Trinajstić information content (AvgIpc) is 3.36. The van der Waals surface area contributed by atoms with Crippen molar-refractivity contribution >= 4 is 39.7 Å². The normalized spacial score (nSPS) is 18.4. The molecule has 6 heteroatoms. The van der Waals surface area contributed by atoms with E-state index in [4.69, 9.17) is 0 Å². The third kappa shape index (κ3) is 2.74. The smallest absolute Gasteiger partial charge is 0.259 e. The van der Waals surface area contributed by atoms with Gasteiger partial charge in [-0.2, -0.15) is 11.3 Å². The lowest BCUT2D eigenvalue weighted by atomic mass is 9.86. The lowest BCUT2D eigenvalue weighted by Gasteiger charge is -2.18. The van der Waals surface area contributed by atoms with Crippen LogP contribution < -0.4 is 5.32 Å². The van der Waals surface area contributed by atoms with Crippen molar-refractivity contribution < 1.29 is 9.59 Å². The van der Waals surface area contributed by atoms with Crippen LogP contribution in [-0.4, -0.2) is 27.8 Å². The first kappa shape index (κ1) is 18.2. The van der Waals surface area contributed by atoms with Crippen LogP contribution in [0.1, 0.15) is 37.8 Å². The summed E-state index contributed by atoms with van der Waals surface area (Å²) in [6, 6.07) is 8.35. The van der Waals surface area contributed by atoms with Crippen LogP contribution in [0.15, 0.2) is 52.5 Å². The Morgan fingerprint density at radius 3 is 2.83 bits per heavy atom. The van der Waals surface area contributed by atoms with E-state index in [1.54, 1.807) is 11.3 Å². The second kappa shape index (κ2) is 6.59. The Hall–Kier alpha value is -2.86. The molecule has 0 spiro atoms. The topological polar surface area (TPSA) is 54.3 Å². The molecule has 4 heterocycles. The van der Waals surface area contributed by atoms with Gasteiger partial charge in [-0.15, -0.1) is 0 Å². The fourth-order valence-corrected chi connectivity index (χ4v) is 5.29. The molecule has 0 fully saturated rings. The van der Waals surface area contributed by atoms with Crippen LogP contribution in [0.3, 0.4) is 0 Å². The van der Waals surface area contributed by atoms with E-state index < -0.39 is 0 Å². The fourth-order valence-electron chi connectivity index (χ4n) is 4.60. The number of carbonyl (C=O) groups excluding carboxylic acids is 2. The monoisotopic (exact) mass is 405 g/mol.